The van der Waals surface area contributed by atoms with Crippen LogP contribution in [0.3, 0.4) is 0 Å². The Morgan fingerprint density at radius 1 is 1.12 bits per heavy atom. The van der Waals surface area contributed by atoms with Crippen LogP contribution in [0.2, 0.25) is 0 Å². The molecule has 1 heterocycles. The van der Waals surface area contributed by atoms with E-state index < -0.39 is 24.3 Å². The molecule has 3 nitrogen and oxygen atoms in total. The van der Waals surface area contributed by atoms with Crippen molar-refractivity contribution in [3.8, 4) is 5.88 Å². The van der Waals surface area contributed by atoms with E-state index in [0.29, 0.717) is 6.20 Å². The molecule has 90 valence electrons. The summed E-state index contributed by atoms with van der Waals surface area (Å²) >= 11 is 0. The second kappa shape index (κ2) is 4.14. The highest BCUT2D eigenvalue weighted by molar-refractivity contribution is 5.04. The predicted molar refractivity (Wildman–Crippen MR) is 38.6 cm³/mol. The molecule has 1 aromatic rings. The van der Waals surface area contributed by atoms with Gasteiger partial charge in [-0.1, -0.05) is 0 Å². The van der Waals surface area contributed by atoms with E-state index in [4.69, 9.17) is 0 Å². The van der Waals surface area contributed by atoms with Crippen molar-refractivity contribution in [2.24, 2.45) is 0 Å². The summed E-state index contributed by atoms with van der Waals surface area (Å²) < 4.78 is 76.5. The minimum Gasteiger partial charge on any atom is -0.427 e. The lowest BCUT2D eigenvalue weighted by atomic mass is 10.3. The average Bonchev–Trinajstić information content (AvgIpc) is 2.17. The Hall–Kier alpha value is -1.54. The Morgan fingerprint density at radius 3 is 2.12 bits per heavy atom. The maximum absolute atomic E-state index is 12.9. The van der Waals surface area contributed by atoms with Crippen LogP contribution in [-0.2, 0) is 0 Å². The van der Waals surface area contributed by atoms with Gasteiger partial charge in [0.05, 0.1) is 6.20 Å². The second-order valence-electron chi connectivity index (χ2n) is 2.59. The van der Waals surface area contributed by atoms with Crippen molar-refractivity contribution >= 4 is 0 Å². The first-order chi connectivity index (χ1) is 7.27. The van der Waals surface area contributed by atoms with Gasteiger partial charge in [-0.05, 0) is 0 Å². The molecule has 0 aliphatic heterocycles. The van der Waals surface area contributed by atoms with Crippen LogP contribution in [0.5, 0.6) is 5.88 Å². The predicted octanol–water partition coefficient (Wildman–Crippen LogP) is 2.35. The largest absolute Gasteiger partial charge is 0.466 e. The first kappa shape index (κ1) is 12.5. The topological polar surface area (TPSA) is 35.0 Å². The lowest BCUT2D eigenvalue weighted by Crippen LogP contribution is -2.52. The zero-order valence-electron chi connectivity index (χ0n) is 7.38. The first-order valence-electron chi connectivity index (χ1n) is 3.76. The van der Waals surface area contributed by atoms with Crippen molar-refractivity contribution in [1.82, 2.24) is 9.97 Å². The highest BCUT2D eigenvalue weighted by Crippen LogP contribution is 2.39. The molecule has 0 aromatic carbocycles. The molecule has 9 heteroatoms. The maximum Gasteiger partial charge on any atom is 0.466 e. The number of nitrogens with zero attached hydrogens (tertiary/aromatic N) is 2. The molecule has 0 bridgehead atoms. The fraction of sp³-hybridized carbons (Fsp3) is 0.429. The van der Waals surface area contributed by atoms with Crippen molar-refractivity contribution in [1.29, 1.82) is 0 Å². The van der Waals surface area contributed by atoms with Gasteiger partial charge >= 0.3 is 18.5 Å². The standard InChI is InChI=1S/C7H4F6N2O/c8-5(9)6(10,7(11,12)13)16-4-3-14-1-2-15-4/h1-3,5H. The van der Waals surface area contributed by atoms with Gasteiger partial charge in [-0.15, -0.1) is 0 Å². The zero-order valence-corrected chi connectivity index (χ0v) is 7.38. The summed E-state index contributed by atoms with van der Waals surface area (Å²) in [6.45, 7) is 0. The Kier molecular flexibility index (Phi) is 3.24. The van der Waals surface area contributed by atoms with Gasteiger partial charge in [-0.2, -0.15) is 17.6 Å². The molecule has 0 radical (unpaired) electrons. The lowest BCUT2D eigenvalue weighted by Gasteiger charge is -2.26. The number of rotatable bonds is 3. The highest BCUT2D eigenvalue weighted by atomic mass is 19.4. The summed E-state index contributed by atoms with van der Waals surface area (Å²) in [5.41, 5.74) is 0. The van der Waals surface area contributed by atoms with Crippen LogP contribution in [0.15, 0.2) is 18.6 Å². The van der Waals surface area contributed by atoms with Crippen LogP contribution in [-0.4, -0.2) is 28.4 Å². The molecule has 0 spiro atoms. The summed E-state index contributed by atoms with van der Waals surface area (Å²) in [6, 6.07) is 0. The number of aromatic nitrogens is 2. The summed E-state index contributed by atoms with van der Waals surface area (Å²) in [6.07, 6.45) is -7.75. The van der Waals surface area contributed by atoms with Crippen molar-refractivity contribution in [3.05, 3.63) is 18.6 Å². The van der Waals surface area contributed by atoms with Crippen LogP contribution in [0.4, 0.5) is 26.3 Å². The normalized spacial score (nSPS) is 15.9. The van der Waals surface area contributed by atoms with E-state index in [1.165, 1.54) is 0 Å². The first-order valence-corrected chi connectivity index (χ1v) is 3.76. The van der Waals surface area contributed by atoms with Crippen LogP contribution < -0.4 is 4.74 Å². The molecular formula is C7H4F6N2O. The lowest BCUT2D eigenvalue weighted by molar-refractivity contribution is -0.341. The van der Waals surface area contributed by atoms with Gasteiger partial charge in [0, 0.05) is 12.4 Å². The molecule has 0 saturated carbocycles. The summed E-state index contributed by atoms with van der Waals surface area (Å²) in [4.78, 5) is 6.35. The van der Waals surface area contributed by atoms with Gasteiger partial charge in [0.25, 0.3) is 0 Å². The number of halogens is 6. The van der Waals surface area contributed by atoms with E-state index in [1.807, 2.05) is 0 Å². The number of hydrogen-bond donors (Lipinski definition) is 0. The monoisotopic (exact) mass is 246 g/mol. The minimum atomic E-state index is -5.88. The Labute approximate surface area is 85.1 Å². The zero-order chi connectivity index (χ0) is 12.4. The Bertz CT molecular complexity index is 342. The van der Waals surface area contributed by atoms with E-state index in [2.05, 4.69) is 14.7 Å². The van der Waals surface area contributed by atoms with Crippen LogP contribution >= 0.6 is 0 Å². The highest BCUT2D eigenvalue weighted by Gasteiger charge is 2.66. The third-order valence-electron chi connectivity index (χ3n) is 1.46. The van der Waals surface area contributed by atoms with Crippen molar-refractivity contribution in [2.75, 3.05) is 0 Å². The smallest absolute Gasteiger partial charge is 0.427 e. The fourth-order valence-corrected chi connectivity index (χ4v) is 0.716. The third-order valence-corrected chi connectivity index (χ3v) is 1.46. The van der Waals surface area contributed by atoms with Gasteiger partial charge in [-0.3, -0.25) is 4.98 Å². The van der Waals surface area contributed by atoms with Gasteiger partial charge in [0.15, 0.2) is 0 Å². The van der Waals surface area contributed by atoms with Gasteiger partial charge in [-0.25, -0.2) is 13.8 Å². The summed E-state index contributed by atoms with van der Waals surface area (Å²) in [5.74, 6) is -6.08. The van der Waals surface area contributed by atoms with Gasteiger partial charge in [0.2, 0.25) is 5.88 Å². The van der Waals surface area contributed by atoms with Crippen LogP contribution in [0.25, 0.3) is 0 Å². The van der Waals surface area contributed by atoms with Crippen molar-refractivity contribution in [3.63, 3.8) is 0 Å². The molecule has 1 unspecified atom stereocenters. The van der Waals surface area contributed by atoms with E-state index >= 15 is 0 Å². The molecule has 1 atom stereocenters. The number of hydrogen-bond acceptors (Lipinski definition) is 3. The van der Waals surface area contributed by atoms with Crippen LogP contribution in [0, 0.1) is 0 Å². The quantitative estimate of drug-likeness (QED) is 0.768. The van der Waals surface area contributed by atoms with E-state index in [-0.39, 0.29) is 0 Å². The summed E-state index contributed by atoms with van der Waals surface area (Å²) in [5, 5.41) is 0. The summed E-state index contributed by atoms with van der Waals surface area (Å²) in [7, 11) is 0. The molecule has 0 saturated heterocycles. The molecule has 0 N–H and O–H groups in total. The van der Waals surface area contributed by atoms with Gasteiger partial charge in [0.1, 0.15) is 0 Å². The van der Waals surface area contributed by atoms with E-state index in [0.717, 1.165) is 12.4 Å². The maximum atomic E-state index is 12.9. The van der Waals surface area contributed by atoms with E-state index in [1.54, 1.807) is 0 Å². The average molecular weight is 246 g/mol. The minimum absolute atomic E-state index is 0.586. The molecule has 0 aliphatic carbocycles. The molecule has 1 aromatic heterocycles. The van der Waals surface area contributed by atoms with Crippen LogP contribution in [0.1, 0.15) is 0 Å². The van der Waals surface area contributed by atoms with E-state index in [9.17, 15) is 26.3 Å². The molecule has 16 heavy (non-hydrogen) atoms. The Balaban J connectivity index is 2.98. The molecule has 0 fully saturated rings. The van der Waals surface area contributed by atoms with Gasteiger partial charge < -0.3 is 4.74 Å². The molecule has 0 aliphatic rings. The Morgan fingerprint density at radius 2 is 1.75 bits per heavy atom. The SMILES string of the molecule is FC(F)C(F)(Oc1cnccn1)C(F)(F)F. The number of ether oxygens (including phenoxy) is 1. The fourth-order valence-electron chi connectivity index (χ4n) is 0.716. The molecule has 1 rings (SSSR count). The van der Waals surface area contributed by atoms with Crippen molar-refractivity contribution < 1.29 is 31.1 Å². The van der Waals surface area contributed by atoms with Crippen molar-refractivity contribution in [2.45, 2.75) is 18.5 Å². The third kappa shape index (κ3) is 2.34. The molecule has 0 amide bonds. The molecular weight excluding hydrogens is 242 g/mol. The second-order valence-corrected chi connectivity index (χ2v) is 2.59. The number of alkyl halides is 6.